The van der Waals surface area contributed by atoms with Crippen LogP contribution in [0.1, 0.15) is 33.6 Å². The van der Waals surface area contributed by atoms with Crippen LogP contribution in [-0.2, 0) is 0 Å². The minimum absolute atomic E-state index is 0.144. The lowest BCUT2D eigenvalue weighted by Crippen LogP contribution is -2.47. The summed E-state index contributed by atoms with van der Waals surface area (Å²) < 4.78 is 0. The second-order valence-electron chi connectivity index (χ2n) is 8.16. The largest absolute Gasteiger partial charge is 0.352 e. The second-order valence-corrected chi connectivity index (χ2v) is 9.79. The predicted octanol–water partition coefficient (Wildman–Crippen LogP) is 4.86. The maximum absolute atomic E-state index is 12.2. The molecule has 3 rings (SSSR count). The fraction of sp³-hybridized carbons (Fsp3) is 0.417. The van der Waals surface area contributed by atoms with Gasteiger partial charge in [-0.1, -0.05) is 46.4 Å². The highest BCUT2D eigenvalue weighted by atomic mass is 35.5. The van der Waals surface area contributed by atoms with Gasteiger partial charge in [0.1, 0.15) is 0 Å². The van der Waals surface area contributed by atoms with Gasteiger partial charge in [0, 0.05) is 50.4 Å². The van der Waals surface area contributed by atoms with Crippen LogP contribution in [0.5, 0.6) is 0 Å². The Morgan fingerprint density at radius 2 is 1.03 bits per heavy atom. The Balaban J connectivity index is 1.24. The Labute approximate surface area is 220 Å². The van der Waals surface area contributed by atoms with Gasteiger partial charge in [0.05, 0.1) is 20.1 Å². The number of nitrogens with one attached hydrogen (secondary N) is 2. The molecule has 0 saturated carbocycles. The highest BCUT2D eigenvalue weighted by Crippen LogP contribution is 2.23. The van der Waals surface area contributed by atoms with Crippen LogP contribution in [0, 0.1) is 0 Å². The van der Waals surface area contributed by atoms with Crippen molar-refractivity contribution in [3.05, 3.63) is 67.6 Å². The molecule has 0 bridgehead atoms. The highest BCUT2D eigenvalue weighted by molar-refractivity contribution is 6.42. The van der Waals surface area contributed by atoms with E-state index in [1.165, 1.54) is 0 Å². The lowest BCUT2D eigenvalue weighted by Gasteiger charge is -2.34. The van der Waals surface area contributed by atoms with Gasteiger partial charge in [-0.05, 0) is 62.3 Å². The van der Waals surface area contributed by atoms with Crippen LogP contribution in [0.25, 0.3) is 0 Å². The zero-order chi connectivity index (χ0) is 24.5. The molecule has 6 nitrogen and oxygen atoms in total. The fourth-order valence-electron chi connectivity index (χ4n) is 3.72. The van der Waals surface area contributed by atoms with E-state index in [-0.39, 0.29) is 11.8 Å². The number of hydrogen-bond donors (Lipinski definition) is 2. The van der Waals surface area contributed by atoms with Gasteiger partial charge in [0.25, 0.3) is 11.8 Å². The highest BCUT2D eigenvalue weighted by Gasteiger charge is 2.16. The molecule has 184 valence electrons. The first-order valence-corrected chi connectivity index (χ1v) is 12.8. The van der Waals surface area contributed by atoms with Crippen molar-refractivity contribution >= 4 is 58.2 Å². The van der Waals surface area contributed by atoms with Crippen molar-refractivity contribution in [1.29, 1.82) is 0 Å². The Bertz CT molecular complexity index is 917. The van der Waals surface area contributed by atoms with Crippen molar-refractivity contribution in [2.45, 2.75) is 12.8 Å². The predicted molar refractivity (Wildman–Crippen MR) is 140 cm³/mol. The third-order valence-corrected chi connectivity index (χ3v) is 7.18. The molecule has 1 aliphatic rings. The van der Waals surface area contributed by atoms with Crippen molar-refractivity contribution in [3.8, 4) is 0 Å². The van der Waals surface area contributed by atoms with Gasteiger partial charge in [-0.15, -0.1) is 0 Å². The van der Waals surface area contributed by atoms with Crippen LogP contribution in [0.2, 0.25) is 20.1 Å². The second kappa shape index (κ2) is 13.5. The summed E-state index contributed by atoms with van der Waals surface area (Å²) in [6.07, 6.45) is 1.77. The van der Waals surface area contributed by atoms with Crippen molar-refractivity contribution < 1.29 is 9.59 Å². The molecule has 0 aliphatic carbocycles. The average molecular weight is 546 g/mol. The minimum atomic E-state index is -0.144. The van der Waals surface area contributed by atoms with Crippen molar-refractivity contribution in [1.82, 2.24) is 20.4 Å². The molecule has 10 heteroatoms. The zero-order valence-corrected chi connectivity index (χ0v) is 21.8. The standard InChI is InChI=1S/C24H28Cl4N4O2/c25-19-5-3-17(15-21(19)27)23(33)29-7-1-9-31-11-13-32(14-12-31)10-2-8-30-24(34)18-4-6-20(26)22(28)16-18/h3-6,15-16H,1-2,7-14H2,(H,29,33)(H,30,34). The van der Waals surface area contributed by atoms with Crippen LogP contribution in [0.15, 0.2) is 36.4 Å². The van der Waals surface area contributed by atoms with Gasteiger partial charge in [-0.3, -0.25) is 9.59 Å². The van der Waals surface area contributed by atoms with Crippen molar-refractivity contribution in [2.24, 2.45) is 0 Å². The molecule has 1 fully saturated rings. The lowest BCUT2D eigenvalue weighted by atomic mass is 10.2. The summed E-state index contributed by atoms with van der Waals surface area (Å²) in [6, 6.07) is 9.75. The molecule has 0 aromatic heterocycles. The topological polar surface area (TPSA) is 64.7 Å². The summed E-state index contributed by atoms with van der Waals surface area (Å²) in [5, 5.41) is 7.48. The Kier molecular flexibility index (Phi) is 10.8. The monoisotopic (exact) mass is 544 g/mol. The normalized spacial score (nSPS) is 14.7. The molecule has 1 saturated heterocycles. The van der Waals surface area contributed by atoms with Gasteiger partial charge in [0.15, 0.2) is 0 Å². The van der Waals surface area contributed by atoms with Gasteiger partial charge in [-0.25, -0.2) is 0 Å². The van der Waals surface area contributed by atoms with Gasteiger partial charge in [-0.2, -0.15) is 0 Å². The molecule has 0 radical (unpaired) electrons. The van der Waals surface area contributed by atoms with Crippen molar-refractivity contribution in [2.75, 3.05) is 52.4 Å². The molecule has 2 aromatic carbocycles. The van der Waals surface area contributed by atoms with Crippen LogP contribution >= 0.6 is 46.4 Å². The Morgan fingerprint density at radius 1 is 0.647 bits per heavy atom. The Hall–Kier alpha value is -1.54. The zero-order valence-electron chi connectivity index (χ0n) is 18.8. The van der Waals surface area contributed by atoms with Gasteiger partial charge < -0.3 is 20.4 Å². The molecular formula is C24H28Cl4N4O2. The molecule has 1 heterocycles. The van der Waals surface area contributed by atoms with Gasteiger partial charge in [0.2, 0.25) is 0 Å². The van der Waals surface area contributed by atoms with Crippen LogP contribution in [-0.4, -0.2) is 74.0 Å². The molecular weight excluding hydrogens is 518 g/mol. The number of carbonyl (C=O) groups excluding carboxylic acids is 2. The molecule has 34 heavy (non-hydrogen) atoms. The molecule has 1 aliphatic heterocycles. The Morgan fingerprint density at radius 3 is 1.38 bits per heavy atom. The lowest BCUT2D eigenvalue weighted by molar-refractivity contribution is 0.0935. The molecule has 0 spiro atoms. The summed E-state index contributed by atoms with van der Waals surface area (Å²) in [4.78, 5) is 29.2. The summed E-state index contributed by atoms with van der Waals surface area (Å²) >= 11 is 23.7. The summed E-state index contributed by atoms with van der Waals surface area (Å²) in [5.41, 5.74) is 1.02. The first kappa shape index (κ1) is 27.1. The smallest absolute Gasteiger partial charge is 0.251 e. The third kappa shape index (κ3) is 8.29. The van der Waals surface area contributed by atoms with E-state index in [1.807, 2.05) is 0 Å². The van der Waals surface area contributed by atoms with Crippen molar-refractivity contribution in [3.63, 3.8) is 0 Å². The number of halogens is 4. The fourth-order valence-corrected chi connectivity index (χ4v) is 4.32. The first-order valence-electron chi connectivity index (χ1n) is 11.2. The van der Waals surface area contributed by atoms with E-state index in [1.54, 1.807) is 36.4 Å². The molecule has 2 amide bonds. The number of carbonyl (C=O) groups is 2. The van der Waals surface area contributed by atoms with Crippen LogP contribution in [0.4, 0.5) is 0 Å². The number of benzene rings is 2. The molecule has 2 aromatic rings. The number of nitrogens with zero attached hydrogens (tertiary/aromatic N) is 2. The molecule has 2 N–H and O–H groups in total. The van der Waals surface area contributed by atoms with E-state index in [4.69, 9.17) is 46.4 Å². The number of rotatable bonds is 10. The van der Waals surface area contributed by atoms with Crippen LogP contribution in [0.3, 0.4) is 0 Å². The summed E-state index contributed by atoms with van der Waals surface area (Å²) in [6.45, 7) is 7.08. The van der Waals surface area contributed by atoms with E-state index in [0.29, 0.717) is 44.3 Å². The SMILES string of the molecule is O=C(NCCCN1CCN(CCCNC(=O)c2ccc(Cl)c(Cl)c2)CC1)c1ccc(Cl)c(Cl)c1. The number of amides is 2. The van der Waals surface area contributed by atoms with E-state index in [2.05, 4.69) is 20.4 Å². The van der Waals surface area contributed by atoms with Crippen LogP contribution < -0.4 is 10.6 Å². The number of piperazine rings is 1. The van der Waals surface area contributed by atoms with E-state index in [9.17, 15) is 9.59 Å². The maximum Gasteiger partial charge on any atom is 0.251 e. The quantitative estimate of drug-likeness (QED) is 0.418. The third-order valence-electron chi connectivity index (χ3n) is 5.70. The summed E-state index contributed by atoms with van der Waals surface area (Å²) in [5.74, 6) is -0.288. The average Bonchev–Trinajstić information content (AvgIpc) is 2.83. The first-order chi connectivity index (χ1) is 16.3. The van der Waals surface area contributed by atoms with Gasteiger partial charge >= 0.3 is 0 Å². The molecule has 0 atom stereocenters. The minimum Gasteiger partial charge on any atom is -0.352 e. The van der Waals surface area contributed by atoms with E-state index >= 15 is 0 Å². The van der Waals surface area contributed by atoms with E-state index in [0.717, 1.165) is 52.1 Å². The summed E-state index contributed by atoms with van der Waals surface area (Å²) in [7, 11) is 0. The molecule has 0 unspecified atom stereocenters. The van der Waals surface area contributed by atoms with E-state index < -0.39 is 0 Å². The number of hydrogen-bond acceptors (Lipinski definition) is 4. The maximum atomic E-state index is 12.2.